The Balaban J connectivity index is 1.86. The van der Waals surface area contributed by atoms with Crippen LogP contribution in [0.5, 0.6) is 0 Å². The number of nitrogens with one attached hydrogen (secondary N) is 1. The molecule has 18 heavy (non-hydrogen) atoms. The van der Waals surface area contributed by atoms with Crippen LogP contribution in [-0.2, 0) is 6.54 Å². The Morgan fingerprint density at radius 2 is 2.00 bits per heavy atom. The summed E-state index contributed by atoms with van der Waals surface area (Å²) in [4.78, 5) is 0. The lowest BCUT2D eigenvalue weighted by Gasteiger charge is -2.32. The Morgan fingerprint density at radius 3 is 2.72 bits per heavy atom. The Bertz CT molecular complexity index is 408. The zero-order chi connectivity index (χ0) is 13.0. The molecule has 0 radical (unpaired) electrons. The molecule has 1 fully saturated rings. The fourth-order valence-corrected chi connectivity index (χ4v) is 3.29. The van der Waals surface area contributed by atoms with Gasteiger partial charge in [0.25, 0.3) is 0 Å². The molecule has 0 aromatic heterocycles. The van der Waals surface area contributed by atoms with Gasteiger partial charge in [-0.25, -0.2) is 8.78 Å². The van der Waals surface area contributed by atoms with Crippen LogP contribution >= 0.6 is 11.8 Å². The number of hydrogen-bond donors (Lipinski definition) is 2. The van der Waals surface area contributed by atoms with Crippen LogP contribution < -0.4 is 5.32 Å². The summed E-state index contributed by atoms with van der Waals surface area (Å²) in [6.07, 6.45) is 1.49. The first-order valence-electron chi connectivity index (χ1n) is 6.04. The van der Waals surface area contributed by atoms with Gasteiger partial charge in [0.2, 0.25) is 0 Å². The van der Waals surface area contributed by atoms with E-state index in [0.717, 1.165) is 36.5 Å². The molecule has 0 spiro atoms. The zero-order valence-corrected chi connectivity index (χ0v) is 10.9. The van der Waals surface area contributed by atoms with Crippen LogP contribution in [0.3, 0.4) is 0 Å². The summed E-state index contributed by atoms with van der Waals surface area (Å²) in [5, 5.41) is 13.2. The lowest BCUT2D eigenvalue weighted by Crippen LogP contribution is -2.43. The van der Waals surface area contributed by atoms with Crippen molar-refractivity contribution in [1.82, 2.24) is 5.32 Å². The molecule has 5 heteroatoms. The van der Waals surface area contributed by atoms with Crippen LogP contribution in [0.25, 0.3) is 0 Å². The molecule has 2 N–H and O–H groups in total. The van der Waals surface area contributed by atoms with Crippen molar-refractivity contribution in [1.29, 1.82) is 0 Å². The van der Waals surface area contributed by atoms with Crippen molar-refractivity contribution in [3.8, 4) is 0 Å². The molecule has 2 nitrogen and oxygen atoms in total. The van der Waals surface area contributed by atoms with E-state index in [1.807, 2.05) is 11.8 Å². The van der Waals surface area contributed by atoms with Crippen LogP contribution in [0.2, 0.25) is 0 Å². The third-order valence-electron chi connectivity index (χ3n) is 3.20. The van der Waals surface area contributed by atoms with Crippen LogP contribution in [0.4, 0.5) is 8.78 Å². The highest BCUT2D eigenvalue weighted by Gasteiger charge is 2.28. The average Bonchev–Trinajstić information content (AvgIpc) is 2.34. The van der Waals surface area contributed by atoms with Crippen LogP contribution in [0.1, 0.15) is 18.4 Å². The summed E-state index contributed by atoms with van der Waals surface area (Å²) >= 11 is 1.83. The van der Waals surface area contributed by atoms with E-state index in [9.17, 15) is 13.9 Å². The maximum atomic E-state index is 13.4. The highest BCUT2D eigenvalue weighted by molar-refractivity contribution is 7.99. The molecule has 0 amide bonds. The SMILES string of the molecule is OC1(CNCc2cc(F)ccc2F)CCSCC1. The van der Waals surface area contributed by atoms with Gasteiger partial charge in [0.15, 0.2) is 0 Å². The van der Waals surface area contributed by atoms with Gasteiger partial charge in [-0.2, -0.15) is 11.8 Å². The van der Waals surface area contributed by atoms with E-state index in [2.05, 4.69) is 5.32 Å². The topological polar surface area (TPSA) is 32.3 Å². The molecular formula is C13H17F2NOS. The van der Waals surface area contributed by atoms with Gasteiger partial charge in [-0.1, -0.05) is 0 Å². The molecule has 0 bridgehead atoms. The molecule has 1 aromatic rings. The van der Waals surface area contributed by atoms with E-state index in [0.29, 0.717) is 12.1 Å². The molecule has 1 heterocycles. The van der Waals surface area contributed by atoms with E-state index in [-0.39, 0.29) is 6.54 Å². The Hall–Kier alpha value is -0.650. The molecule has 0 unspecified atom stereocenters. The summed E-state index contributed by atoms with van der Waals surface area (Å²) in [5.41, 5.74) is -0.404. The molecule has 0 atom stereocenters. The van der Waals surface area contributed by atoms with Gasteiger partial charge < -0.3 is 10.4 Å². The van der Waals surface area contributed by atoms with Gasteiger partial charge in [-0.3, -0.25) is 0 Å². The number of halogens is 2. The van der Waals surface area contributed by atoms with Crippen molar-refractivity contribution < 1.29 is 13.9 Å². The zero-order valence-electron chi connectivity index (χ0n) is 10.1. The van der Waals surface area contributed by atoms with Crippen LogP contribution in [0, 0.1) is 11.6 Å². The second-order valence-electron chi connectivity index (χ2n) is 4.68. The maximum absolute atomic E-state index is 13.4. The number of aliphatic hydroxyl groups is 1. The highest BCUT2D eigenvalue weighted by atomic mass is 32.2. The third kappa shape index (κ3) is 3.67. The minimum Gasteiger partial charge on any atom is -0.389 e. The van der Waals surface area contributed by atoms with Crippen molar-refractivity contribution in [3.63, 3.8) is 0 Å². The summed E-state index contributed by atoms with van der Waals surface area (Å²) < 4.78 is 26.3. The van der Waals surface area contributed by atoms with Gasteiger partial charge in [-0.15, -0.1) is 0 Å². The molecule has 1 aliphatic heterocycles. The average molecular weight is 273 g/mol. The fraction of sp³-hybridized carbons (Fsp3) is 0.538. The number of rotatable bonds is 4. The lowest BCUT2D eigenvalue weighted by molar-refractivity contribution is 0.0319. The van der Waals surface area contributed by atoms with Gasteiger partial charge in [-0.05, 0) is 42.5 Å². The molecular weight excluding hydrogens is 256 g/mol. The van der Waals surface area contributed by atoms with Crippen molar-refractivity contribution >= 4 is 11.8 Å². The predicted molar refractivity (Wildman–Crippen MR) is 69.6 cm³/mol. The van der Waals surface area contributed by atoms with Crippen LogP contribution in [-0.4, -0.2) is 28.8 Å². The molecule has 100 valence electrons. The van der Waals surface area contributed by atoms with Crippen molar-refractivity contribution in [2.45, 2.75) is 25.0 Å². The smallest absolute Gasteiger partial charge is 0.127 e. The van der Waals surface area contributed by atoms with E-state index in [4.69, 9.17) is 0 Å². The summed E-state index contributed by atoms with van der Waals surface area (Å²) in [7, 11) is 0. The highest BCUT2D eigenvalue weighted by Crippen LogP contribution is 2.26. The molecule has 1 aliphatic rings. The minimum atomic E-state index is -0.699. The van der Waals surface area contributed by atoms with Crippen molar-refractivity contribution in [3.05, 3.63) is 35.4 Å². The molecule has 2 rings (SSSR count). The first-order valence-corrected chi connectivity index (χ1v) is 7.19. The van der Waals surface area contributed by atoms with Crippen molar-refractivity contribution in [2.24, 2.45) is 0 Å². The number of hydrogen-bond acceptors (Lipinski definition) is 3. The van der Waals surface area contributed by atoms with E-state index in [1.165, 1.54) is 6.07 Å². The molecule has 1 saturated heterocycles. The second-order valence-corrected chi connectivity index (χ2v) is 5.90. The summed E-state index contributed by atoms with van der Waals surface area (Å²) in [6, 6.07) is 3.41. The predicted octanol–water partition coefficient (Wildman–Crippen LogP) is 2.31. The number of benzene rings is 1. The molecule has 1 aromatic carbocycles. The summed E-state index contributed by atoms with van der Waals surface area (Å²) in [6.45, 7) is 0.655. The largest absolute Gasteiger partial charge is 0.389 e. The molecule has 0 saturated carbocycles. The number of thioether (sulfide) groups is 1. The second kappa shape index (κ2) is 5.99. The lowest BCUT2D eigenvalue weighted by atomic mass is 9.97. The van der Waals surface area contributed by atoms with Crippen LogP contribution in [0.15, 0.2) is 18.2 Å². The third-order valence-corrected chi connectivity index (χ3v) is 4.19. The summed E-state index contributed by atoms with van der Waals surface area (Å²) in [5.74, 6) is 1.04. The Labute approximate surface area is 110 Å². The first-order chi connectivity index (χ1) is 8.59. The molecule has 0 aliphatic carbocycles. The van der Waals surface area contributed by atoms with Gasteiger partial charge in [0.05, 0.1) is 5.60 Å². The van der Waals surface area contributed by atoms with Crippen molar-refractivity contribution in [2.75, 3.05) is 18.1 Å². The van der Waals surface area contributed by atoms with Gasteiger partial charge in [0, 0.05) is 18.7 Å². The Kier molecular flexibility index (Phi) is 4.59. The fourth-order valence-electron chi connectivity index (χ4n) is 2.04. The maximum Gasteiger partial charge on any atom is 0.127 e. The monoisotopic (exact) mass is 273 g/mol. The first kappa shape index (κ1) is 13.8. The van der Waals surface area contributed by atoms with E-state index in [1.54, 1.807) is 0 Å². The normalized spacial score (nSPS) is 18.8. The van der Waals surface area contributed by atoms with Gasteiger partial charge in [0.1, 0.15) is 11.6 Å². The minimum absolute atomic E-state index is 0.235. The standard InChI is InChI=1S/C13H17F2NOS/c14-11-1-2-12(15)10(7-11)8-16-9-13(17)3-5-18-6-4-13/h1-2,7,16-17H,3-6,8-9H2. The van der Waals surface area contributed by atoms with E-state index >= 15 is 0 Å². The quantitative estimate of drug-likeness (QED) is 0.883. The Morgan fingerprint density at radius 1 is 1.28 bits per heavy atom. The van der Waals surface area contributed by atoms with E-state index < -0.39 is 17.2 Å². The van der Waals surface area contributed by atoms with Gasteiger partial charge >= 0.3 is 0 Å².